The van der Waals surface area contributed by atoms with Gasteiger partial charge in [0, 0.05) is 11.0 Å². The number of anilines is 1. The van der Waals surface area contributed by atoms with Crippen LogP contribution in [0.15, 0.2) is 24.3 Å². The van der Waals surface area contributed by atoms with Crippen LogP contribution >= 0.6 is 11.3 Å². The summed E-state index contributed by atoms with van der Waals surface area (Å²) in [5.41, 5.74) is 9.39. The first-order valence-corrected chi connectivity index (χ1v) is 6.53. The Balaban J connectivity index is 2.50. The highest BCUT2D eigenvalue weighted by molar-refractivity contribution is 7.16. The van der Waals surface area contributed by atoms with E-state index in [-0.39, 0.29) is 5.41 Å². The van der Waals surface area contributed by atoms with Crippen molar-refractivity contribution in [2.24, 2.45) is 0 Å². The van der Waals surface area contributed by atoms with Gasteiger partial charge in [-0.2, -0.15) is 0 Å². The van der Waals surface area contributed by atoms with E-state index < -0.39 is 0 Å². The van der Waals surface area contributed by atoms with Crippen molar-refractivity contribution >= 4 is 16.3 Å². The van der Waals surface area contributed by atoms with Crippen LogP contribution in [-0.4, -0.2) is 4.98 Å². The van der Waals surface area contributed by atoms with Crippen LogP contribution in [0.5, 0.6) is 0 Å². The molecule has 0 unspecified atom stereocenters. The first kappa shape index (κ1) is 12.1. The van der Waals surface area contributed by atoms with E-state index in [2.05, 4.69) is 50.9 Å². The average Bonchev–Trinajstić information content (AvgIpc) is 2.60. The molecule has 0 radical (unpaired) electrons. The predicted molar refractivity (Wildman–Crippen MR) is 75.4 cm³/mol. The SMILES string of the molecule is Cc1cccc(-c2nc(C(C)(C)C)sc2N)c1. The zero-order chi connectivity index (χ0) is 12.6. The summed E-state index contributed by atoms with van der Waals surface area (Å²) in [6, 6.07) is 8.31. The molecule has 2 nitrogen and oxygen atoms in total. The Bertz CT molecular complexity index is 535. The summed E-state index contributed by atoms with van der Waals surface area (Å²) in [6.45, 7) is 8.55. The molecule has 1 aromatic carbocycles. The molecule has 0 spiro atoms. The van der Waals surface area contributed by atoms with Crippen LogP contribution in [0.25, 0.3) is 11.3 Å². The maximum Gasteiger partial charge on any atom is 0.114 e. The van der Waals surface area contributed by atoms with Crippen molar-refractivity contribution in [1.82, 2.24) is 4.98 Å². The van der Waals surface area contributed by atoms with Crippen molar-refractivity contribution in [3.8, 4) is 11.3 Å². The molecular weight excluding hydrogens is 228 g/mol. The second kappa shape index (κ2) is 4.15. The first-order valence-electron chi connectivity index (χ1n) is 5.72. The van der Waals surface area contributed by atoms with Gasteiger partial charge in [0.1, 0.15) is 15.7 Å². The molecule has 0 atom stereocenters. The number of nitrogens with two attached hydrogens (primary N) is 1. The molecule has 0 saturated heterocycles. The number of aryl methyl sites for hydroxylation is 1. The maximum absolute atomic E-state index is 6.08. The Kier molecular flexibility index (Phi) is 2.96. The minimum atomic E-state index is 0.0564. The summed E-state index contributed by atoms with van der Waals surface area (Å²) in [5.74, 6) is 0. The van der Waals surface area contributed by atoms with Gasteiger partial charge in [-0.05, 0) is 13.0 Å². The van der Waals surface area contributed by atoms with Crippen LogP contribution in [0, 0.1) is 6.92 Å². The topological polar surface area (TPSA) is 38.9 Å². The molecule has 2 rings (SSSR count). The van der Waals surface area contributed by atoms with E-state index in [0.29, 0.717) is 0 Å². The van der Waals surface area contributed by atoms with E-state index in [4.69, 9.17) is 5.73 Å². The Hall–Kier alpha value is -1.35. The normalized spacial score (nSPS) is 11.8. The molecule has 0 amide bonds. The summed E-state index contributed by atoms with van der Waals surface area (Å²) in [4.78, 5) is 4.69. The monoisotopic (exact) mass is 246 g/mol. The van der Waals surface area contributed by atoms with Crippen molar-refractivity contribution in [2.45, 2.75) is 33.1 Å². The highest BCUT2D eigenvalue weighted by atomic mass is 32.1. The molecular formula is C14H18N2S. The molecule has 1 aromatic heterocycles. The summed E-state index contributed by atoms with van der Waals surface area (Å²) >= 11 is 1.59. The van der Waals surface area contributed by atoms with Crippen molar-refractivity contribution in [1.29, 1.82) is 0 Å². The zero-order valence-electron chi connectivity index (χ0n) is 10.7. The molecule has 0 fully saturated rings. The third-order valence-electron chi connectivity index (χ3n) is 2.59. The van der Waals surface area contributed by atoms with E-state index in [1.807, 2.05) is 6.07 Å². The molecule has 0 aliphatic rings. The van der Waals surface area contributed by atoms with E-state index in [1.165, 1.54) is 5.56 Å². The van der Waals surface area contributed by atoms with Crippen molar-refractivity contribution in [3.63, 3.8) is 0 Å². The zero-order valence-corrected chi connectivity index (χ0v) is 11.6. The number of benzene rings is 1. The van der Waals surface area contributed by atoms with Gasteiger partial charge >= 0.3 is 0 Å². The fraction of sp³-hybridized carbons (Fsp3) is 0.357. The van der Waals surface area contributed by atoms with Gasteiger partial charge in [0.05, 0.1) is 0 Å². The lowest BCUT2D eigenvalue weighted by molar-refractivity contribution is 0.586. The van der Waals surface area contributed by atoms with Gasteiger partial charge < -0.3 is 5.73 Å². The van der Waals surface area contributed by atoms with Crippen LogP contribution in [-0.2, 0) is 5.41 Å². The van der Waals surface area contributed by atoms with Crippen LogP contribution < -0.4 is 5.73 Å². The number of thiazole rings is 1. The van der Waals surface area contributed by atoms with Gasteiger partial charge in [0.25, 0.3) is 0 Å². The van der Waals surface area contributed by atoms with Gasteiger partial charge in [-0.3, -0.25) is 0 Å². The van der Waals surface area contributed by atoms with Crippen molar-refractivity contribution in [3.05, 3.63) is 34.8 Å². The Labute approximate surface area is 107 Å². The quantitative estimate of drug-likeness (QED) is 0.826. The fourth-order valence-corrected chi connectivity index (χ4v) is 2.56. The predicted octanol–water partition coefficient (Wildman–Crippen LogP) is 4.00. The van der Waals surface area contributed by atoms with Gasteiger partial charge in [-0.15, -0.1) is 11.3 Å². The summed E-state index contributed by atoms with van der Waals surface area (Å²) in [7, 11) is 0. The Morgan fingerprint density at radius 3 is 2.47 bits per heavy atom. The van der Waals surface area contributed by atoms with Crippen LogP contribution in [0.3, 0.4) is 0 Å². The first-order chi connectivity index (χ1) is 7.88. The second-order valence-electron chi connectivity index (χ2n) is 5.35. The van der Waals surface area contributed by atoms with Crippen LogP contribution in [0.4, 0.5) is 5.00 Å². The van der Waals surface area contributed by atoms with Crippen molar-refractivity contribution in [2.75, 3.05) is 5.73 Å². The molecule has 17 heavy (non-hydrogen) atoms. The van der Waals surface area contributed by atoms with Crippen LogP contribution in [0.2, 0.25) is 0 Å². The average molecular weight is 246 g/mol. The number of nitrogens with zero attached hydrogens (tertiary/aromatic N) is 1. The summed E-state index contributed by atoms with van der Waals surface area (Å²) in [6.07, 6.45) is 0. The number of hydrogen-bond donors (Lipinski definition) is 1. The lowest BCUT2D eigenvalue weighted by Gasteiger charge is -2.13. The molecule has 0 saturated carbocycles. The van der Waals surface area contributed by atoms with Gasteiger partial charge in [0.15, 0.2) is 0 Å². The Morgan fingerprint density at radius 1 is 1.24 bits per heavy atom. The van der Waals surface area contributed by atoms with Crippen LogP contribution in [0.1, 0.15) is 31.3 Å². The molecule has 90 valence electrons. The maximum atomic E-state index is 6.08. The number of rotatable bonds is 1. The van der Waals surface area contributed by atoms with E-state index in [0.717, 1.165) is 21.3 Å². The molecule has 1 heterocycles. The second-order valence-corrected chi connectivity index (χ2v) is 6.38. The lowest BCUT2D eigenvalue weighted by atomic mass is 9.98. The van der Waals surface area contributed by atoms with Crippen molar-refractivity contribution < 1.29 is 0 Å². The van der Waals surface area contributed by atoms with E-state index in [9.17, 15) is 0 Å². The van der Waals surface area contributed by atoms with Gasteiger partial charge in [-0.1, -0.05) is 44.5 Å². The number of hydrogen-bond acceptors (Lipinski definition) is 3. The van der Waals surface area contributed by atoms with Gasteiger partial charge in [0.2, 0.25) is 0 Å². The molecule has 2 N–H and O–H groups in total. The third-order valence-corrected chi connectivity index (χ3v) is 3.90. The number of aromatic nitrogens is 1. The van der Waals surface area contributed by atoms with E-state index in [1.54, 1.807) is 11.3 Å². The Morgan fingerprint density at radius 2 is 1.94 bits per heavy atom. The highest BCUT2D eigenvalue weighted by Gasteiger charge is 2.21. The number of nitrogen functional groups attached to an aromatic ring is 1. The summed E-state index contributed by atoms with van der Waals surface area (Å²) in [5, 5.41) is 1.90. The standard InChI is InChI=1S/C14H18N2S/c1-9-6-5-7-10(8-9)11-12(15)17-13(16-11)14(2,3)4/h5-8H,15H2,1-4H3. The highest BCUT2D eigenvalue weighted by Crippen LogP contribution is 2.36. The third kappa shape index (κ3) is 2.50. The minimum Gasteiger partial charge on any atom is -0.389 e. The minimum absolute atomic E-state index is 0.0564. The fourth-order valence-electron chi connectivity index (χ4n) is 1.65. The smallest absolute Gasteiger partial charge is 0.114 e. The lowest BCUT2D eigenvalue weighted by Crippen LogP contribution is -2.10. The molecule has 0 aliphatic heterocycles. The molecule has 0 aliphatic carbocycles. The van der Waals surface area contributed by atoms with Gasteiger partial charge in [-0.25, -0.2) is 4.98 Å². The molecule has 0 bridgehead atoms. The molecule has 3 heteroatoms. The molecule has 2 aromatic rings. The largest absolute Gasteiger partial charge is 0.389 e. The summed E-state index contributed by atoms with van der Waals surface area (Å²) < 4.78 is 0. The van der Waals surface area contributed by atoms with E-state index >= 15 is 0 Å².